The van der Waals surface area contributed by atoms with Crippen LogP contribution in [0.2, 0.25) is 0 Å². The van der Waals surface area contributed by atoms with Crippen LogP contribution in [0.25, 0.3) is 0 Å². The summed E-state index contributed by atoms with van der Waals surface area (Å²) in [4.78, 5) is 78.1. The third-order valence-electron chi connectivity index (χ3n) is 27.2. The van der Waals surface area contributed by atoms with Crippen LogP contribution in [0.3, 0.4) is 0 Å². The second kappa shape index (κ2) is 41.1. The quantitative estimate of drug-likeness (QED) is 0.00799. The molecule has 18 N–H and O–H groups in total. The summed E-state index contributed by atoms with van der Waals surface area (Å²) in [5.41, 5.74) is -4.53. The number of fused-ring (bicyclic) bond motifs is 3. The van der Waals surface area contributed by atoms with Gasteiger partial charge in [-0.15, -0.1) is 0 Å². The van der Waals surface area contributed by atoms with Gasteiger partial charge in [-0.25, -0.2) is 14.6 Å². The van der Waals surface area contributed by atoms with Gasteiger partial charge < -0.3 is 182 Å². The van der Waals surface area contributed by atoms with Crippen LogP contribution < -0.4 is 0 Å². The van der Waals surface area contributed by atoms with Gasteiger partial charge in [0.1, 0.15) is 146 Å². The van der Waals surface area contributed by atoms with Crippen molar-refractivity contribution >= 4 is 29.8 Å². The van der Waals surface area contributed by atoms with Gasteiger partial charge in [0.2, 0.25) is 6.29 Å². The third kappa shape index (κ3) is 21.1. The Bertz CT molecular complexity index is 3610. The molecule has 11 rings (SSSR count). The second-order valence-corrected chi connectivity index (χ2v) is 36.9. The molecule has 11 aliphatic rings. The number of hydrogen-bond acceptors (Lipinski definition) is 43. The van der Waals surface area contributed by atoms with Crippen molar-refractivity contribution in [2.24, 2.45) is 38.9 Å². The highest BCUT2D eigenvalue weighted by molar-refractivity contribution is 5.80. The number of allylic oxidation sites excluding steroid dienone is 2. The van der Waals surface area contributed by atoms with Crippen molar-refractivity contribution in [1.82, 2.24) is 0 Å². The van der Waals surface area contributed by atoms with E-state index in [2.05, 4.69) is 19.9 Å². The summed E-state index contributed by atoms with van der Waals surface area (Å²) in [5, 5.41) is 206. The van der Waals surface area contributed by atoms with Gasteiger partial charge >= 0.3 is 29.8 Å². The zero-order valence-electron chi connectivity index (χ0n) is 72.3. The summed E-state index contributed by atoms with van der Waals surface area (Å²) >= 11 is 0. The number of rotatable bonds is 30. The fraction of sp³-hybridized carbons (Fsp3) is 0.914. The van der Waals surface area contributed by atoms with Gasteiger partial charge in [-0.2, -0.15) is 0 Å². The average Bonchev–Trinajstić information content (AvgIpc) is 0.680. The molecule has 2 saturated carbocycles. The molecule has 0 bridgehead atoms. The maximum absolute atomic E-state index is 16.6. The molecule has 0 aromatic heterocycles. The minimum atomic E-state index is -2.33. The van der Waals surface area contributed by atoms with E-state index in [-0.39, 0.29) is 51.4 Å². The van der Waals surface area contributed by atoms with E-state index in [0.29, 0.717) is 25.7 Å². The summed E-state index contributed by atoms with van der Waals surface area (Å²) in [6.07, 6.45) is -68.2. The number of aliphatic hydroxyl groups is 17. The van der Waals surface area contributed by atoms with Crippen molar-refractivity contribution in [3.63, 3.8) is 0 Å². The summed E-state index contributed by atoms with van der Waals surface area (Å²) in [6, 6.07) is 0. The number of ether oxygens (including phenoxy) is 19. The summed E-state index contributed by atoms with van der Waals surface area (Å²) in [6.45, 7) is 19.4. The molecule has 44 heteroatoms. The molecule has 3 aliphatic carbocycles. The van der Waals surface area contributed by atoms with Crippen LogP contribution in [0.4, 0.5) is 0 Å². The van der Waals surface area contributed by atoms with Crippen LogP contribution in [-0.2, 0) is 124 Å². The van der Waals surface area contributed by atoms with Gasteiger partial charge in [-0.1, -0.05) is 66.5 Å². The van der Waals surface area contributed by atoms with E-state index in [1.165, 1.54) is 27.7 Å². The van der Waals surface area contributed by atoms with Crippen LogP contribution in [0, 0.1) is 38.9 Å². The maximum atomic E-state index is 16.6. The molecule has 0 amide bonds. The van der Waals surface area contributed by atoms with Crippen molar-refractivity contribution in [1.29, 1.82) is 0 Å². The summed E-state index contributed by atoms with van der Waals surface area (Å²) in [7, 11) is 0. The van der Waals surface area contributed by atoms with E-state index >= 15 is 4.79 Å². The summed E-state index contributed by atoms with van der Waals surface area (Å²) in [5.74, 6) is -6.70. The van der Waals surface area contributed by atoms with Crippen molar-refractivity contribution in [3.8, 4) is 0 Å². The fourth-order valence-corrected chi connectivity index (χ4v) is 20.3. The molecule has 0 aromatic carbocycles. The Kier molecular flexibility index (Phi) is 33.3. The largest absolute Gasteiger partial charge is 0.479 e. The number of carboxylic acids is 1. The standard InChI is InChI=1S/C81H130O44/c1-15-18-78(11,12)44-17-16-37-38-23-77(9,10)19-20-81(38,45(89)24-80(37,14)79(44,13)21-22-106-74-67(122-70-52(96)49(93)48(92)41(25-82)115-70)64(55(99)65(120-74)68(102)103)125-124-42-28-105-26-39(87)46(42)90)76(104)123-75-66(54(98)58(30(2)111-75)117-72-56(100)62(114-36(8)86)59(31(3)109-72)112-34(6)84)121-73-57(101)63(60(32(4)110-73)118-69-51(95)47(91)40(88)27-108-69)119-71-53(97)50(94)61(113-35(7)85)43(116-71)29-107-33(5)83/h16,30-32,36,38-67,69-75,82,86-101H,15,17-29H2,1-14H3,(H,102,103). The number of hydrogen-bond donors (Lipinski definition) is 18. The molecule has 44 atom stereocenters. The average molecular weight is 1810 g/mol. The molecular formula is C81H130O44. The van der Waals surface area contributed by atoms with E-state index in [1.54, 1.807) is 0 Å². The van der Waals surface area contributed by atoms with Gasteiger partial charge in [-0.3, -0.25) is 19.2 Å². The molecule has 10 fully saturated rings. The lowest BCUT2D eigenvalue weighted by Gasteiger charge is -2.67. The van der Waals surface area contributed by atoms with Crippen LogP contribution >= 0.6 is 0 Å². The lowest BCUT2D eigenvalue weighted by atomic mass is 9.38. The van der Waals surface area contributed by atoms with Gasteiger partial charge in [-0.05, 0) is 106 Å². The molecule has 125 heavy (non-hydrogen) atoms. The first-order valence-corrected chi connectivity index (χ1v) is 42.7. The van der Waals surface area contributed by atoms with Crippen LogP contribution in [0.5, 0.6) is 0 Å². The number of carboxylic acid groups (broad SMARTS) is 1. The zero-order valence-corrected chi connectivity index (χ0v) is 72.3. The fourth-order valence-electron chi connectivity index (χ4n) is 20.3. The molecule has 8 saturated heterocycles. The van der Waals surface area contributed by atoms with E-state index in [4.69, 9.17) is 99.8 Å². The Morgan fingerprint density at radius 3 is 1.71 bits per heavy atom. The minimum absolute atomic E-state index is 0.0214. The van der Waals surface area contributed by atoms with Crippen LogP contribution in [0.15, 0.2) is 11.6 Å². The lowest BCUT2D eigenvalue weighted by Crippen LogP contribution is -2.68. The first-order chi connectivity index (χ1) is 58.6. The molecule has 44 nitrogen and oxygen atoms in total. The van der Waals surface area contributed by atoms with Gasteiger partial charge in [0.05, 0.1) is 57.5 Å². The predicted molar refractivity (Wildman–Crippen MR) is 409 cm³/mol. The number of carbonyl (C=O) groups is 5. The van der Waals surface area contributed by atoms with E-state index in [1.807, 2.05) is 34.6 Å². The third-order valence-corrected chi connectivity index (χ3v) is 27.2. The molecule has 718 valence electrons. The molecule has 0 spiro atoms. The van der Waals surface area contributed by atoms with Gasteiger partial charge in [0.25, 0.3) is 0 Å². The Balaban J connectivity index is 0.949. The molecule has 44 unspecified atom stereocenters. The monoisotopic (exact) mass is 1810 g/mol. The topological polar surface area (TPSA) is 643 Å². The van der Waals surface area contributed by atoms with Crippen molar-refractivity contribution < 1.29 is 216 Å². The summed E-state index contributed by atoms with van der Waals surface area (Å²) < 4.78 is 115. The Morgan fingerprint density at radius 1 is 0.528 bits per heavy atom. The highest BCUT2D eigenvalue weighted by Gasteiger charge is 2.70. The first kappa shape index (κ1) is 101. The molecule has 8 heterocycles. The van der Waals surface area contributed by atoms with Crippen molar-refractivity contribution in [2.75, 3.05) is 39.6 Å². The normalized spacial score (nSPS) is 47.5. The Hall–Kier alpha value is -4.27. The van der Waals surface area contributed by atoms with E-state index < -0.39 is 322 Å². The molecule has 0 aromatic rings. The first-order valence-electron chi connectivity index (χ1n) is 42.7. The van der Waals surface area contributed by atoms with E-state index in [9.17, 15) is 111 Å². The Labute approximate surface area is 721 Å². The van der Waals surface area contributed by atoms with Crippen molar-refractivity contribution in [3.05, 3.63) is 11.6 Å². The zero-order chi connectivity index (χ0) is 92.1. The van der Waals surface area contributed by atoms with E-state index in [0.717, 1.165) is 26.3 Å². The number of aliphatic carboxylic acids is 1. The number of aliphatic hydroxyl groups excluding tert-OH is 17. The Morgan fingerprint density at radius 2 is 1.09 bits per heavy atom. The van der Waals surface area contributed by atoms with Crippen LogP contribution in [0.1, 0.15) is 148 Å². The molecule has 0 radical (unpaired) electrons. The van der Waals surface area contributed by atoms with Gasteiger partial charge in [0, 0.05) is 20.8 Å². The second-order valence-electron chi connectivity index (χ2n) is 36.9. The molecular weight excluding hydrogens is 1680 g/mol. The maximum Gasteiger partial charge on any atom is 0.335 e. The highest BCUT2D eigenvalue weighted by Crippen LogP contribution is 2.72. The molecule has 8 aliphatic heterocycles. The number of carbonyl (C=O) groups excluding carboxylic acids is 4. The van der Waals surface area contributed by atoms with Gasteiger partial charge in [0.15, 0.2) is 74.6 Å². The smallest absolute Gasteiger partial charge is 0.335 e. The number of esters is 4. The predicted octanol–water partition coefficient (Wildman–Crippen LogP) is -5.01. The SMILES string of the molecule is CCCC(C)(C)C1CC=C2C3CC(C)(C)CCC3(C(=O)OC3OC(C)C(OC4OC(C)C(OC(C)=O)C(OC(C)O)C4O)C(O)C3OC3OC(C)C(OC4OCC(O)C(O)C4O)C(OC4OC(COC(C)=O)C(OC(C)=O)C(O)C4O)C3O)C(O)CC2(C)C1(C)CCOC1OC(C(=O)O)C(O)C(OOC2COCC(O)C2O)C1OC1OC(CO)C(O)C(O)C1O. The lowest BCUT2D eigenvalue weighted by molar-refractivity contribution is -0.438. The van der Waals surface area contributed by atoms with Crippen LogP contribution in [-0.4, -0.2) is 401 Å². The van der Waals surface area contributed by atoms with Crippen molar-refractivity contribution in [2.45, 2.75) is 388 Å². The minimum Gasteiger partial charge on any atom is -0.479 e. The highest BCUT2D eigenvalue weighted by atomic mass is 17.2.